The van der Waals surface area contributed by atoms with Gasteiger partial charge in [0.1, 0.15) is 5.76 Å². The average Bonchev–Trinajstić information content (AvgIpc) is 2.90. The van der Waals surface area contributed by atoms with Gasteiger partial charge in [-0.1, -0.05) is 0 Å². The second-order valence-electron chi connectivity index (χ2n) is 4.36. The molecule has 2 aromatic rings. The highest BCUT2D eigenvalue weighted by Gasteiger charge is 2.18. The smallest absolute Gasteiger partial charge is 0.242 e. The van der Waals surface area contributed by atoms with E-state index in [2.05, 4.69) is 0 Å². The summed E-state index contributed by atoms with van der Waals surface area (Å²) >= 11 is 1.45. The number of hydrogen-bond acceptors (Lipinski definition) is 5. The van der Waals surface area contributed by atoms with Crippen LogP contribution in [0.5, 0.6) is 0 Å². The van der Waals surface area contributed by atoms with E-state index in [0.717, 1.165) is 10.7 Å². The molecule has 0 radical (unpaired) electrons. The standard InChI is InChI=1S/C13H16N2O3S2/c1-15(2)20(16,17)11-5-6-12(14)13(8-11)19-9-10-4-3-7-18-10/h3-8H,9,14H2,1-2H3. The van der Waals surface area contributed by atoms with E-state index in [9.17, 15) is 8.42 Å². The highest BCUT2D eigenvalue weighted by Crippen LogP contribution is 2.31. The Morgan fingerprint density at radius 2 is 2.05 bits per heavy atom. The molecule has 0 saturated heterocycles. The third kappa shape index (κ3) is 3.17. The molecule has 0 saturated carbocycles. The van der Waals surface area contributed by atoms with Crippen molar-refractivity contribution >= 4 is 27.5 Å². The first-order chi connectivity index (χ1) is 9.41. The van der Waals surface area contributed by atoms with Crippen molar-refractivity contribution in [2.24, 2.45) is 0 Å². The Bertz CT molecular complexity index is 680. The number of nitrogens with zero attached hydrogens (tertiary/aromatic N) is 1. The molecule has 108 valence electrons. The molecule has 0 atom stereocenters. The second-order valence-corrected chi connectivity index (χ2v) is 7.52. The minimum Gasteiger partial charge on any atom is -0.468 e. The van der Waals surface area contributed by atoms with Crippen LogP contribution in [-0.2, 0) is 15.8 Å². The van der Waals surface area contributed by atoms with Crippen LogP contribution >= 0.6 is 11.8 Å². The third-order valence-electron chi connectivity index (χ3n) is 2.71. The summed E-state index contributed by atoms with van der Waals surface area (Å²) in [5.41, 5.74) is 6.44. The fourth-order valence-electron chi connectivity index (χ4n) is 1.55. The molecule has 0 aliphatic rings. The van der Waals surface area contributed by atoms with Crippen LogP contribution in [-0.4, -0.2) is 26.8 Å². The number of anilines is 1. The van der Waals surface area contributed by atoms with Crippen LogP contribution in [0.4, 0.5) is 5.69 Å². The zero-order valence-corrected chi connectivity index (χ0v) is 12.9. The number of rotatable bonds is 5. The lowest BCUT2D eigenvalue weighted by Gasteiger charge is -2.13. The molecule has 0 spiro atoms. The molecule has 7 heteroatoms. The van der Waals surface area contributed by atoms with E-state index in [1.165, 1.54) is 36.2 Å². The van der Waals surface area contributed by atoms with Gasteiger partial charge in [-0.3, -0.25) is 0 Å². The van der Waals surface area contributed by atoms with E-state index in [0.29, 0.717) is 11.4 Å². The van der Waals surface area contributed by atoms with Crippen LogP contribution in [0.25, 0.3) is 0 Å². The van der Waals surface area contributed by atoms with Gasteiger partial charge in [-0.15, -0.1) is 11.8 Å². The molecule has 0 unspecified atom stereocenters. The van der Waals surface area contributed by atoms with Gasteiger partial charge in [0.15, 0.2) is 0 Å². The topological polar surface area (TPSA) is 76.5 Å². The molecule has 1 aromatic carbocycles. The number of hydrogen-bond donors (Lipinski definition) is 1. The van der Waals surface area contributed by atoms with Gasteiger partial charge < -0.3 is 10.2 Å². The van der Waals surface area contributed by atoms with E-state index in [4.69, 9.17) is 10.2 Å². The highest BCUT2D eigenvalue weighted by molar-refractivity contribution is 7.98. The van der Waals surface area contributed by atoms with Crippen molar-refractivity contribution in [3.63, 3.8) is 0 Å². The maximum absolute atomic E-state index is 12.1. The van der Waals surface area contributed by atoms with E-state index < -0.39 is 10.0 Å². The molecule has 20 heavy (non-hydrogen) atoms. The zero-order valence-electron chi connectivity index (χ0n) is 11.2. The molecule has 0 aliphatic heterocycles. The Morgan fingerprint density at radius 1 is 1.30 bits per heavy atom. The van der Waals surface area contributed by atoms with Gasteiger partial charge >= 0.3 is 0 Å². The Morgan fingerprint density at radius 3 is 2.65 bits per heavy atom. The van der Waals surface area contributed by atoms with Gasteiger partial charge in [-0.2, -0.15) is 0 Å². The first-order valence-corrected chi connectivity index (χ1v) is 8.31. The molecule has 5 nitrogen and oxygen atoms in total. The molecule has 2 rings (SSSR count). The van der Waals surface area contributed by atoms with Crippen LogP contribution in [0, 0.1) is 0 Å². The van der Waals surface area contributed by atoms with Crippen molar-refractivity contribution in [3.8, 4) is 0 Å². The van der Waals surface area contributed by atoms with Crippen LogP contribution in [0.1, 0.15) is 5.76 Å². The monoisotopic (exact) mass is 312 g/mol. The highest BCUT2D eigenvalue weighted by atomic mass is 32.2. The Balaban J connectivity index is 2.25. The number of nitrogens with two attached hydrogens (primary N) is 1. The normalized spacial score (nSPS) is 11.9. The Hall–Kier alpha value is -1.44. The quantitative estimate of drug-likeness (QED) is 0.677. The van der Waals surface area contributed by atoms with Crippen LogP contribution in [0.2, 0.25) is 0 Å². The van der Waals surface area contributed by atoms with E-state index in [1.807, 2.05) is 12.1 Å². The first-order valence-electron chi connectivity index (χ1n) is 5.88. The number of furan rings is 1. The Labute approximate surface area is 122 Å². The first kappa shape index (κ1) is 15.0. The molecule has 0 aliphatic carbocycles. The van der Waals surface area contributed by atoms with E-state index >= 15 is 0 Å². The minimum atomic E-state index is -3.45. The predicted molar refractivity (Wildman–Crippen MR) is 80.0 cm³/mol. The molecular weight excluding hydrogens is 296 g/mol. The van der Waals surface area contributed by atoms with Gasteiger partial charge in [0, 0.05) is 24.7 Å². The fourth-order valence-corrected chi connectivity index (χ4v) is 3.46. The number of thioether (sulfide) groups is 1. The number of nitrogen functional groups attached to an aromatic ring is 1. The zero-order chi connectivity index (χ0) is 14.8. The molecule has 1 aromatic heterocycles. The molecule has 1 heterocycles. The summed E-state index contributed by atoms with van der Waals surface area (Å²) in [6.45, 7) is 0. The SMILES string of the molecule is CN(C)S(=O)(=O)c1ccc(N)c(SCc2ccco2)c1. The van der Waals surface area contributed by atoms with Crippen molar-refractivity contribution in [1.82, 2.24) is 4.31 Å². The lowest BCUT2D eigenvalue weighted by Crippen LogP contribution is -2.22. The summed E-state index contributed by atoms with van der Waals surface area (Å²) in [6.07, 6.45) is 1.60. The van der Waals surface area contributed by atoms with Crippen LogP contribution < -0.4 is 5.73 Å². The summed E-state index contributed by atoms with van der Waals surface area (Å²) < 4.78 is 30.6. The summed E-state index contributed by atoms with van der Waals surface area (Å²) in [7, 11) is -0.445. The number of benzene rings is 1. The van der Waals surface area contributed by atoms with Crippen molar-refractivity contribution < 1.29 is 12.8 Å². The summed E-state index contributed by atoms with van der Waals surface area (Å²) in [5, 5.41) is 0. The van der Waals surface area contributed by atoms with E-state index in [1.54, 1.807) is 18.4 Å². The lowest BCUT2D eigenvalue weighted by molar-refractivity contribution is 0.520. The van der Waals surface area contributed by atoms with Gasteiger partial charge in [-0.25, -0.2) is 12.7 Å². The summed E-state index contributed by atoms with van der Waals surface area (Å²) in [4.78, 5) is 0.961. The predicted octanol–water partition coefficient (Wildman–Crippen LogP) is 2.40. The van der Waals surface area contributed by atoms with E-state index in [-0.39, 0.29) is 4.90 Å². The van der Waals surface area contributed by atoms with Crippen LogP contribution in [0.3, 0.4) is 0 Å². The minimum absolute atomic E-state index is 0.235. The third-order valence-corrected chi connectivity index (χ3v) is 5.62. The van der Waals surface area contributed by atoms with Gasteiger partial charge in [-0.05, 0) is 30.3 Å². The lowest BCUT2D eigenvalue weighted by atomic mass is 10.3. The second kappa shape index (κ2) is 5.90. The van der Waals surface area contributed by atoms with Gasteiger partial charge in [0.2, 0.25) is 10.0 Å². The molecule has 0 bridgehead atoms. The van der Waals surface area contributed by atoms with Crippen molar-refractivity contribution in [1.29, 1.82) is 0 Å². The molecule has 2 N–H and O–H groups in total. The Kier molecular flexibility index (Phi) is 4.42. The maximum atomic E-state index is 12.1. The number of sulfonamides is 1. The van der Waals surface area contributed by atoms with Crippen LogP contribution in [0.15, 0.2) is 50.8 Å². The largest absolute Gasteiger partial charge is 0.468 e. The molecule has 0 fully saturated rings. The van der Waals surface area contributed by atoms with Crippen molar-refractivity contribution in [2.75, 3.05) is 19.8 Å². The van der Waals surface area contributed by atoms with Crippen molar-refractivity contribution in [2.45, 2.75) is 15.5 Å². The summed E-state index contributed by atoms with van der Waals surface area (Å²) in [6, 6.07) is 8.40. The van der Waals surface area contributed by atoms with Gasteiger partial charge in [0.25, 0.3) is 0 Å². The molecular formula is C13H16N2O3S2. The van der Waals surface area contributed by atoms with Crippen molar-refractivity contribution in [3.05, 3.63) is 42.4 Å². The average molecular weight is 312 g/mol. The summed E-state index contributed by atoms with van der Waals surface area (Å²) in [5.74, 6) is 1.41. The van der Waals surface area contributed by atoms with Gasteiger partial charge in [0.05, 0.1) is 16.9 Å². The fraction of sp³-hybridized carbons (Fsp3) is 0.231. The molecule has 0 amide bonds. The maximum Gasteiger partial charge on any atom is 0.242 e.